The fourth-order valence-corrected chi connectivity index (χ4v) is 7.19. The molecule has 2 aliphatic rings. The summed E-state index contributed by atoms with van der Waals surface area (Å²) < 4.78 is 47.1. The van der Waals surface area contributed by atoms with Gasteiger partial charge < -0.3 is 14.5 Å². The molecule has 10 heteroatoms. The summed E-state index contributed by atoms with van der Waals surface area (Å²) in [5.41, 5.74) is 0.454. The molecule has 1 heterocycles. The van der Waals surface area contributed by atoms with Crippen LogP contribution >= 0.6 is 23.4 Å². The minimum Gasteiger partial charge on any atom is -0.497 e. The van der Waals surface area contributed by atoms with Crippen LogP contribution in [-0.4, -0.2) is 67.3 Å². The second kappa shape index (κ2) is 12.0. The van der Waals surface area contributed by atoms with Crippen molar-refractivity contribution in [3.63, 3.8) is 0 Å². The number of hydrogen-bond acceptors (Lipinski definition) is 4. The summed E-state index contributed by atoms with van der Waals surface area (Å²) >= 11 is 8.14. The van der Waals surface area contributed by atoms with Crippen LogP contribution < -0.4 is 4.74 Å². The number of piperidine rings is 1. The first-order chi connectivity index (χ1) is 18.4. The number of ether oxygens (including phenoxy) is 1. The van der Waals surface area contributed by atoms with Crippen molar-refractivity contribution in [2.75, 3.05) is 34.3 Å². The van der Waals surface area contributed by atoms with Crippen LogP contribution in [0.2, 0.25) is 5.02 Å². The van der Waals surface area contributed by atoms with Crippen LogP contribution in [0.4, 0.5) is 13.2 Å². The Labute approximate surface area is 237 Å². The Morgan fingerprint density at radius 2 is 1.74 bits per heavy atom. The van der Waals surface area contributed by atoms with Gasteiger partial charge in [-0.15, -0.1) is 11.8 Å². The lowest BCUT2D eigenvalue weighted by Crippen LogP contribution is -2.48. The number of nitrogens with zero attached hydrogens (tertiary/aromatic N) is 2. The standard InChI is InChI=1S/C29H34ClF3N2O3S/c1-34(2)26(36)23-8-7-22(18-24(23)30)39-21-9-11-28(12-10-21)13-15-35(16-14-28)27(37)25(29(31,32)33)19-5-4-6-20(17-19)38-3/h4-8,17-18,21,25H,9-16H2,1-3H3. The minimum atomic E-state index is -4.69. The lowest BCUT2D eigenvalue weighted by Gasteiger charge is -2.46. The van der Waals surface area contributed by atoms with Gasteiger partial charge in [-0.3, -0.25) is 9.59 Å². The fraction of sp³-hybridized carbons (Fsp3) is 0.517. The molecule has 4 rings (SSSR count). The number of carbonyl (C=O) groups excluding carboxylic acids is 2. The molecule has 1 aliphatic heterocycles. The van der Waals surface area contributed by atoms with Crippen molar-refractivity contribution in [3.05, 3.63) is 58.6 Å². The van der Waals surface area contributed by atoms with Gasteiger partial charge >= 0.3 is 6.18 Å². The van der Waals surface area contributed by atoms with Crippen molar-refractivity contribution in [2.24, 2.45) is 5.41 Å². The molecule has 1 atom stereocenters. The first-order valence-electron chi connectivity index (χ1n) is 13.1. The van der Waals surface area contributed by atoms with Gasteiger partial charge in [0.25, 0.3) is 5.91 Å². The van der Waals surface area contributed by atoms with E-state index in [0.29, 0.717) is 47.5 Å². The van der Waals surface area contributed by atoms with Gasteiger partial charge in [0.2, 0.25) is 5.91 Å². The van der Waals surface area contributed by atoms with E-state index >= 15 is 0 Å². The molecule has 39 heavy (non-hydrogen) atoms. The number of rotatable bonds is 6. The van der Waals surface area contributed by atoms with Crippen LogP contribution in [0.1, 0.15) is 60.4 Å². The highest BCUT2D eigenvalue weighted by Gasteiger charge is 2.49. The second-order valence-electron chi connectivity index (χ2n) is 10.7. The van der Waals surface area contributed by atoms with E-state index in [0.717, 1.165) is 30.6 Å². The van der Waals surface area contributed by atoms with Gasteiger partial charge in [0, 0.05) is 37.3 Å². The van der Waals surface area contributed by atoms with E-state index in [9.17, 15) is 22.8 Å². The Morgan fingerprint density at radius 1 is 1.08 bits per heavy atom. The summed E-state index contributed by atoms with van der Waals surface area (Å²) in [5, 5.41) is 0.846. The van der Waals surface area contributed by atoms with Crippen molar-refractivity contribution in [1.82, 2.24) is 9.80 Å². The minimum absolute atomic E-state index is 0.0666. The van der Waals surface area contributed by atoms with Gasteiger partial charge in [-0.1, -0.05) is 23.7 Å². The average molecular weight is 583 g/mol. The summed E-state index contributed by atoms with van der Waals surface area (Å²) in [6.45, 7) is 0.675. The molecule has 2 amide bonds. The molecule has 212 valence electrons. The van der Waals surface area contributed by atoms with Crippen molar-refractivity contribution in [1.29, 1.82) is 0 Å². The summed E-state index contributed by atoms with van der Waals surface area (Å²) in [6, 6.07) is 11.2. The van der Waals surface area contributed by atoms with Gasteiger partial charge in [-0.25, -0.2) is 0 Å². The topological polar surface area (TPSA) is 49.9 Å². The molecular weight excluding hydrogens is 549 g/mol. The summed E-state index contributed by atoms with van der Waals surface area (Å²) in [6.07, 6.45) is 0.687. The smallest absolute Gasteiger partial charge is 0.404 e. The molecule has 1 spiro atoms. The zero-order valence-corrected chi connectivity index (χ0v) is 24.0. The second-order valence-corrected chi connectivity index (χ2v) is 12.5. The quantitative estimate of drug-likeness (QED) is 0.367. The zero-order chi connectivity index (χ0) is 28.4. The van der Waals surface area contributed by atoms with Crippen LogP contribution in [-0.2, 0) is 4.79 Å². The number of halogens is 4. The predicted molar refractivity (Wildman–Crippen MR) is 148 cm³/mol. The zero-order valence-electron chi connectivity index (χ0n) is 22.4. The largest absolute Gasteiger partial charge is 0.497 e. The predicted octanol–water partition coefficient (Wildman–Crippen LogP) is 7.04. The summed E-state index contributed by atoms with van der Waals surface area (Å²) in [5.74, 6) is -2.92. The summed E-state index contributed by atoms with van der Waals surface area (Å²) in [4.78, 5) is 29.3. The Bertz CT molecular complexity index is 1190. The van der Waals surface area contributed by atoms with Crippen LogP contribution in [0.15, 0.2) is 47.4 Å². The van der Waals surface area contributed by atoms with Crippen LogP contribution in [0.25, 0.3) is 0 Å². The van der Waals surface area contributed by atoms with Crippen molar-refractivity contribution >= 4 is 35.2 Å². The fourth-order valence-electron chi connectivity index (χ4n) is 5.67. The van der Waals surface area contributed by atoms with Gasteiger partial charge in [0.1, 0.15) is 5.75 Å². The van der Waals surface area contributed by atoms with E-state index in [1.54, 1.807) is 38.0 Å². The first kappa shape index (κ1) is 29.6. The monoisotopic (exact) mass is 582 g/mol. The maximum Gasteiger partial charge on any atom is 0.404 e. The van der Waals surface area contributed by atoms with Gasteiger partial charge in [0.15, 0.2) is 5.92 Å². The molecule has 2 aromatic carbocycles. The Morgan fingerprint density at radius 3 is 2.31 bits per heavy atom. The molecular formula is C29H34ClF3N2O3S. The van der Waals surface area contributed by atoms with Crippen molar-refractivity contribution in [2.45, 2.75) is 60.8 Å². The van der Waals surface area contributed by atoms with E-state index in [-0.39, 0.29) is 16.9 Å². The highest BCUT2D eigenvalue weighted by Crippen LogP contribution is 2.49. The number of hydrogen-bond donors (Lipinski definition) is 0. The molecule has 0 radical (unpaired) electrons. The normalized spacial score (nSPS) is 18.6. The van der Waals surface area contributed by atoms with Crippen LogP contribution in [0, 0.1) is 5.41 Å². The Kier molecular flexibility index (Phi) is 9.11. The third-order valence-electron chi connectivity index (χ3n) is 8.01. The molecule has 0 N–H and O–H groups in total. The molecule has 5 nitrogen and oxygen atoms in total. The lowest BCUT2D eigenvalue weighted by molar-refractivity contribution is -0.173. The van der Waals surface area contributed by atoms with E-state index in [1.165, 1.54) is 35.1 Å². The van der Waals surface area contributed by atoms with E-state index < -0.39 is 18.0 Å². The number of likely N-dealkylation sites (tertiary alicyclic amines) is 1. The number of benzene rings is 2. The number of amides is 2. The SMILES string of the molecule is COc1cccc(C(C(=O)N2CCC3(CCC(Sc4ccc(C(=O)N(C)C)c(Cl)c4)CC3)CC2)C(F)(F)F)c1. The van der Waals surface area contributed by atoms with Crippen molar-refractivity contribution in [3.8, 4) is 5.75 Å². The van der Waals surface area contributed by atoms with E-state index in [2.05, 4.69) is 0 Å². The van der Waals surface area contributed by atoms with Gasteiger partial charge in [-0.05, 0) is 79.8 Å². The molecule has 2 aromatic rings. The molecule has 1 saturated carbocycles. The highest BCUT2D eigenvalue weighted by atomic mass is 35.5. The van der Waals surface area contributed by atoms with Crippen LogP contribution in [0.3, 0.4) is 0 Å². The average Bonchev–Trinajstić information content (AvgIpc) is 2.89. The maximum absolute atomic E-state index is 14.0. The molecule has 0 aromatic heterocycles. The Hall–Kier alpha value is -2.39. The molecule has 1 unspecified atom stereocenters. The third-order valence-corrected chi connectivity index (χ3v) is 9.65. The number of methoxy groups -OCH3 is 1. The van der Waals surface area contributed by atoms with E-state index in [1.807, 2.05) is 12.1 Å². The lowest BCUT2D eigenvalue weighted by atomic mass is 9.68. The van der Waals surface area contributed by atoms with Gasteiger partial charge in [0.05, 0.1) is 17.7 Å². The van der Waals surface area contributed by atoms with Crippen molar-refractivity contribution < 1.29 is 27.5 Å². The number of carbonyl (C=O) groups is 2. The van der Waals surface area contributed by atoms with Crippen LogP contribution in [0.5, 0.6) is 5.75 Å². The molecule has 0 bridgehead atoms. The maximum atomic E-state index is 14.0. The summed E-state index contributed by atoms with van der Waals surface area (Å²) in [7, 11) is 4.77. The number of alkyl halides is 3. The highest BCUT2D eigenvalue weighted by molar-refractivity contribution is 8.00. The number of thioether (sulfide) groups is 1. The van der Waals surface area contributed by atoms with E-state index in [4.69, 9.17) is 16.3 Å². The molecule has 2 fully saturated rings. The molecule has 1 aliphatic carbocycles. The Balaban J connectivity index is 1.34. The third kappa shape index (κ3) is 6.85. The molecule has 1 saturated heterocycles. The first-order valence-corrected chi connectivity index (χ1v) is 14.4. The van der Waals surface area contributed by atoms with Gasteiger partial charge in [-0.2, -0.15) is 13.2 Å².